The molecule has 182 valence electrons. The van der Waals surface area contributed by atoms with E-state index in [9.17, 15) is 25.9 Å². The molecule has 0 aliphatic carbocycles. The summed E-state index contributed by atoms with van der Waals surface area (Å²) in [5, 5.41) is 3.04. The minimum atomic E-state index is -4.65. The fraction of sp³-hybridized carbons (Fsp3) is 0.455. The van der Waals surface area contributed by atoms with Crippen LogP contribution in [0.25, 0.3) is 0 Å². The molecule has 11 heteroatoms. The fourth-order valence-electron chi connectivity index (χ4n) is 3.55. The predicted octanol–water partition coefficient (Wildman–Crippen LogP) is 2.85. The van der Waals surface area contributed by atoms with Crippen LogP contribution in [0.15, 0.2) is 53.9 Å². The molecule has 1 aromatic heterocycles. The molecule has 0 saturated carbocycles. The van der Waals surface area contributed by atoms with Crippen molar-refractivity contribution in [1.82, 2.24) is 0 Å². The monoisotopic (exact) mass is 498 g/mol. The maximum atomic E-state index is 11.8. The molecule has 2 atom stereocenters. The summed E-state index contributed by atoms with van der Waals surface area (Å²) in [5.74, 6) is 0. The van der Waals surface area contributed by atoms with Gasteiger partial charge in [0.05, 0.1) is 17.5 Å². The van der Waals surface area contributed by atoms with Crippen molar-refractivity contribution in [1.29, 1.82) is 0 Å². The number of pyridine rings is 1. The van der Waals surface area contributed by atoms with Gasteiger partial charge < -0.3 is 0 Å². The van der Waals surface area contributed by atoms with Crippen molar-refractivity contribution in [3.8, 4) is 0 Å². The summed E-state index contributed by atoms with van der Waals surface area (Å²) < 4.78 is 67.9. The quantitative estimate of drug-likeness (QED) is 0.199. The van der Waals surface area contributed by atoms with Gasteiger partial charge in [-0.15, -0.1) is 0 Å². The summed E-state index contributed by atoms with van der Waals surface area (Å²) in [4.78, 5) is 0. The molecule has 2 aromatic rings. The van der Waals surface area contributed by atoms with E-state index in [1.165, 1.54) is 0 Å². The Labute approximate surface area is 196 Å². The smallest absolute Gasteiger partial charge is 0.269 e. The van der Waals surface area contributed by atoms with Gasteiger partial charge in [0.2, 0.25) is 0 Å². The second-order valence-corrected chi connectivity index (χ2v) is 11.3. The predicted molar refractivity (Wildman–Crippen MR) is 129 cm³/mol. The largest absolute Gasteiger partial charge is 0.285 e. The molecule has 1 heterocycles. The molecule has 2 unspecified atom stereocenters. The molecule has 1 aromatic carbocycles. The Kier molecular flexibility index (Phi) is 9.53. The van der Waals surface area contributed by atoms with Gasteiger partial charge in [0.25, 0.3) is 20.2 Å². The zero-order valence-corrected chi connectivity index (χ0v) is 20.7. The van der Waals surface area contributed by atoms with Crippen molar-refractivity contribution in [3.05, 3.63) is 59.9 Å². The third-order valence-electron chi connectivity index (χ3n) is 5.33. The Morgan fingerprint density at radius 3 is 2.21 bits per heavy atom. The number of hydrogen-bond acceptors (Lipinski definition) is 6. The average molecular weight is 499 g/mol. The van der Waals surface area contributed by atoms with E-state index in [-0.39, 0.29) is 19.3 Å². The van der Waals surface area contributed by atoms with Crippen LogP contribution in [0, 0.1) is 6.92 Å². The number of nitrogens with zero attached hydrogens (tertiary/aromatic N) is 3. The number of hydrogen-bond donors (Lipinski definition) is 2. The first kappa shape index (κ1) is 26.9. The van der Waals surface area contributed by atoms with Crippen LogP contribution in [-0.2, 0) is 26.8 Å². The Morgan fingerprint density at radius 1 is 1.03 bits per heavy atom. The lowest BCUT2D eigenvalue weighted by Crippen LogP contribution is -2.41. The summed E-state index contributed by atoms with van der Waals surface area (Å²) in [6.45, 7) is 4.09. The van der Waals surface area contributed by atoms with Crippen LogP contribution >= 0.6 is 0 Å². The molecule has 0 fully saturated rings. The third kappa shape index (κ3) is 8.50. The second kappa shape index (κ2) is 11.7. The number of hydrazone groups is 1. The summed E-state index contributed by atoms with van der Waals surface area (Å²) in [6, 6.07) is 11.7. The van der Waals surface area contributed by atoms with Gasteiger partial charge in [-0.1, -0.05) is 31.0 Å². The molecule has 0 spiro atoms. The van der Waals surface area contributed by atoms with Gasteiger partial charge in [-0.2, -0.15) is 21.9 Å². The summed E-state index contributed by atoms with van der Waals surface area (Å²) >= 11 is 0. The van der Waals surface area contributed by atoms with Gasteiger partial charge in [0.15, 0.2) is 12.4 Å². The topological polar surface area (TPSA) is 128 Å². The number of aromatic nitrogens is 1. The van der Waals surface area contributed by atoms with Crippen molar-refractivity contribution in [3.63, 3.8) is 0 Å². The maximum Gasteiger partial charge on any atom is 0.269 e. The van der Waals surface area contributed by atoms with Crippen LogP contribution in [0.5, 0.6) is 0 Å². The zero-order chi connectivity index (χ0) is 24.6. The van der Waals surface area contributed by atoms with E-state index in [4.69, 9.17) is 0 Å². The molecule has 9 nitrogen and oxygen atoms in total. The highest BCUT2D eigenvalue weighted by molar-refractivity contribution is 7.90. The van der Waals surface area contributed by atoms with Gasteiger partial charge in [-0.25, -0.2) is 4.57 Å². The molecular weight excluding hydrogens is 466 g/mol. The maximum absolute atomic E-state index is 11.8. The highest BCUT2D eigenvalue weighted by Gasteiger charge is 2.39. The number of rotatable bonds is 12. The molecule has 0 aliphatic heterocycles. The lowest BCUT2D eigenvalue weighted by molar-refractivity contribution is -0.697. The van der Waals surface area contributed by atoms with Crippen LogP contribution in [0.3, 0.4) is 0 Å². The van der Waals surface area contributed by atoms with Crippen LogP contribution in [0.4, 0.5) is 5.69 Å². The third-order valence-corrected chi connectivity index (χ3v) is 8.16. The highest BCUT2D eigenvalue weighted by Crippen LogP contribution is 2.22. The summed E-state index contributed by atoms with van der Waals surface area (Å²) in [7, 11) is -7.43. The number of benzene rings is 1. The minimum absolute atomic E-state index is 0.0586. The Morgan fingerprint density at radius 2 is 1.64 bits per heavy atom. The van der Waals surface area contributed by atoms with E-state index in [1.807, 2.05) is 61.1 Å². The first-order chi connectivity index (χ1) is 15.4. The molecule has 0 radical (unpaired) electrons. The van der Waals surface area contributed by atoms with Crippen LogP contribution in [0.1, 0.15) is 43.7 Å². The SMILES string of the molecule is CCCC(C(CCC[n+]1cccc(C=NN(C)c2ccc(C)cc2)c1)S(=O)(=O)O)S(=O)(=O)O. The zero-order valence-electron chi connectivity index (χ0n) is 19.1. The van der Waals surface area contributed by atoms with Gasteiger partial charge in [0.1, 0.15) is 17.0 Å². The van der Waals surface area contributed by atoms with Gasteiger partial charge >= 0.3 is 0 Å². The van der Waals surface area contributed by atoms with Crippen molar-refractivity contribution in [2.45, 2.75) is 56.6 Å². The van der Waals surface area contributed by atoms with E-state index < -0.39 is 30.7 Å². The van der Waals surface area contributed by atoms with E-state index in [2.05, 4.69) is 5.10 Å². The minimum Gasteiger partial charge on any atom is -0.285 e. The van der Waals surface area contributed by atoms with Gasteiger partial charge in [0, 0.05) is 19.5 Å². The van der Waals surface area contributed by atoms with Gasteiger partial charge in [-0.3, -0.25) is 14.1 Å². The molecular formula is C22H32N3O6S2+. The first-order valence-electron chi connectivity index (χ1n) is 10.7. The molecule has 2 N–H and O–H groups in total. The number of aryl methyl sites for hydroxylation is 2. The molecule has 0 saturated heterocycles. The van der Waals surface area contributed by atoms with Crippen molar-refractivity contribution < 1.29 is 30.5 Å². The first-order valence-corrected chi connectivity index (χ1v) is 13.7. The van der Waals surface area contributed by atoms with Gasteiger partial charge in [-0.05, 0) is 38.0 Å². The van der Waals surface area contributed by atoms with Crippen LogP contribution in [-0.4, -0.2) is 49.7 Å². The normalized spacial score (nSPS) is 14.3. The van der Waals surface area contributed by atoms with E-state index in [0.29, 0.717) is 13.0 Å². The molecule has 0 bridgehead atoms. The van der Waals surface area contributed by atoms with Crippen molar-refractivity contribution >= 4 is 32.1 Å². The van der Waals surface area contributed by atoms with Crippen molar-refractivity contribution in [2.24, 2.45) is 5.10 Å². The Bertz CT molecular complexity index is 1150. The molecule has 0 aliphatic rings. The molecule has 2 rings (SSSR count). The van der Waals surface area contributed by atoms with E-state index >= 15 is 0 Å². The fourth-order valence-corrected chi connectivity index (χ4v) is 6.43. The van der Waals surface area contributed by atoms with E-state index in [0.717, 1.165) is 16.8 Å². The lowest BCUT2D eigenvalue weighted by Gasteiger charge is -2.21. The van der Waals surface area contributed by atoms with E-state index in [1.54, 1.807) is 24.3 Å². The Hall–Kier alpha value is -2.34. The standard InChI is InChI=1S/C22H31N3O6S2/c1-4-7-21(32(26,27)28)22(33(29,30)31)9-6-15-25-14-5-8-19(17-25)16-23-24(3)20-12-10-18(2)11-13-20/h5,8,10-14,16-17,21-22H,4,6-7,9,15H2,1-3H3,(H-,26,27,28,29,30,31)/p+1. The average Bonchev–Trinajstić information content (AvgIpc) is 2.73. The second-order valence-electron chi connectivity index (χ2n) is 8.02. The Balaban J connectivity index is 2.06. The molecule has 0 amide bonds. The summed E-state index contributed by atoms with van der Waals surface area (Å²) in [6.07, 6.45) is 5.81. The lowest BCUT2D eigenvalue weighted by atomic mass is 10.1. The van der Waals surface area contributed by atoms with Crippen LogP contribution < -0.4 is 9.58 Å². The summed E-state index contributed by atoms with van der Waals surface area (Å²) in [5.41, 5.74) is 2.93. The number of anilines is 1. The molecule has 33 heavy (non-hydrogen) atoms. The van der Waals surface area contributed by atoms with Crippen LogP contribution in [0.2, 0.25) is 0 Å². The highest BCUT2D eigenvalue weighted by atomic mass is 32.2. The van der Waals surface area contributed by atoms with Crippen molar-refractivity contribution in [2.75, 3.05) is 12.1 Å².